The van der Waals surface area contributed by atoms with Crippen molar-refractivity contribution in [1.82, 2.24) is 5.32 Å². The smallest absolute Gasteiger partial charge is 0.237 e. The Morgan fingerprint density at radius 1 is 1.08 bits per heavy atom. The Labute approximate surface area is 154 Å². The lowest BCUT2D eigenvalue weighted by Gasteiger charge is -2.28. The second-order valence-electron chi connectivity index (χ2n) is 6.69. The number of nitrogens with one attached hydrogen (secondary N) is 1. The van der Waals surface area contributed by atoms with Crippen LogP contribution < -0.4 is 15.8 Å². The predicted molar refractivity (Wildman–Crippen MR) is 101 cm³/mol. The molecule has 1 aliphatic rings. The van der Waals surface area contributed by atoms with Crippen LogP contribution in [0.15, 0.2) is 54.6 Å². The lowest BCUT2D eigenvalue weighted by molar-refractivity contribution is -0.125. The van der Waals surface area contributed by atoms with Gasteiger partial charge in [0.15, 0.2) is 0 Å². The number of benzene rings is 2. The summed E-state index contributed by atoms with van der Waals surface area (Å²) in [6, 6.07) is 16.8. The molecule has 1 saturated heterocycles. The minimum Gasteiger partial charge on any atom is -0.457 e. The second kappa shape index (κ2) is 8.83. The summed E-state index contributed by atoms with van der Waals surface area (Å²) < 4.78 is 11.1. The van der Waals surface area contributed by atoms with Crippen molar-refractivity contribution in [2.24, 2.45) is 11.7 Å². The van der Waals surface area contributed by atoms with Crippen molar-refractivity contribution in [3.05, 3.63) is 60.2 Å². The average Bonchev–Trinajstić information content (AvgIpc) is 2.69. The van der Waals surface area contributed by atoms with Crippen molar-refractivity contribution in [2.45, 2.75) is 31.8 Å². The Morgan fingerprint density at radius 2 is 1.69 bits per heavy atom. The number of hydrogen-bond donors (Lipinski definition) is 2. The summed E-state index contributed by atoms with van der Waals surface area (Å²) in [6.07, 6.45) is 1.68. The molecule has 0 radical (unpaired) electrons. The highest BCUT2D eigenvalue weighted by Crippen LogP contribution is 2.24. The van der Waals surface area contributed by atoms with Crippen LogP contribution in [0.5, 0.6) is 11.5 Å². The Balaban J connectivity index is 1.55. The molecule has 1 amide bonds. The van der Waals surface area contributed by atoms with Crippen molar-refractivity contribution in [3.63, 3.8) is 0 Å². The highest BCUT2D eigenvalue weighted by Gasteiger charge is 2.27. The molecule has 1 fully saturated rings. The first-order chi connectivity index (χ1) is 12.6. The normalized spacial score (nSPS) is 17.3. The number of para-hydroxylation sites is 1. The topological polar surface area (TPSA) is 73.6 Å². The Hall–Kier alpha value is -2.37. The molecule has 2 atom stereocenters. The maximum atomic E-state index is 12.4. The van der Waals surface area contributed by atoms with E-state index in [0.717, 1.165) is 29.9 Å². The largest absolute Gasteiger partial charge is 0.457 e. The van der Waals surface area contributed by atoms with Crippen LogP contribution >= 0.6 is 0 Å². The molecule has 138 valence electrons. The van der Waals surface area contributed by atoms with E-state index in [-0.39, 0.29) is 17.9 Å². The number of nitrogens with two attached hydrogens (primary N) is 1. The Kier molecular flexibility index (Phi) is 6.26. The molecule has 0 aromatic heterocycles. The molecule has 3 rings (SSSR count). The third-order valence-electron chi connectivity index (χ3n) is 4.79. The van der Waals surface area contributed by atoms with Gasteiger partial charge in [-0.05, 0) is 55.5 Å². The third kappa shape index (κ3) is 4.84. The van der Waals surface area contributed by atoms with Crippen molar-refractivity contribution < 1.29 is 14.3 Å². The maximum absolute atomic E-state index is 12.4. The highest BCUT2D eigenvalue weighted by molar-refractivity contribution is 5.82. The fraction of sp³-hybridized carbons (Fsp3) is 0.381. The van der Waals surface area contributed by atoms with Gasteiger partial charge < -0.3 is 20.5 Å². The highest BCUT2D eigenvalue weighted by atomic mass is 16.5. The molecule has 2 aromatic rings. The summed E-state index contributed by atoms with van der Waals surface area (Å²) in [7, 11) is 0. The number of carbonyl (C=O) groups is 1. The van der Waals surface area contributed by atoms with E-state index in [2.05, 4.69) is 5.32 Å². The molecule has 0 saturated carbocycles. The molecule has 2 aromatic carbocycles. The van der Waals surface area contributed by atoms with Crippen molar-refractivity contribution in [1.29, 1.82) is 0 Å². The zero-order valence-electron chi connectivity index (χ0n) is 15.1. The second-order valence-corrected chi connectivity index (χ2v) is 6.69. The fourth-order valence-corrected chi connectivity index (χ4v) is 3.13. The quantitative estimate of drug-likeness (QED) is 0.834. The Morgan fingerprint density at radius 3 is 2.35 bits per heavy atom. The monoisotopic (exact) mass is 354 g/mol. The molecular weight excluding hydrogens is 328 g/mol. The SMILES string of the molecule is CC(NC(=O)C(N)C1CCOCC1)c1ccc(Oc2ccccc2)cc1. The first kappa shape index (κ1) is 18.4. The maximum Gasteiger partial charge on any atom is 0.237 e. The van der Waals surface area contributed by atoms with Crippen molar-refractivity contribution in [2.75, 3.05) is 13.2 Å². The summed E-state index contributed by atoms with van der Waals surface area (Å²) in [5, 5.41) is 3.02. The number of carbonyl (C=O) groups excluding carboxylic acids is 1. The van der Waals surface area contributed by atoms with Crippen LogP contribution in [0.4, 0.5) is 0 Å². The number of ether oxygens (including phenoxy) is 2. The minimum atomic E-state index is -0.484. The van der Waals surface area contributed by atoms with Gasteiger partial charge in [0.1, 0.15) is 11.5 Å². The lowest BCUT2D eigenvalue weighted by Crippen LogP contribution is -2.47. The average molecular weight is 354 g/mol. The van der Waals surface area contributed by atoms with Gasteiger partial charge in [-0.3, -0.25) is 4.79 Å². The van der Waals surface area contributed by atoms with E-state index < -0.39 is 6.04 Å². The molecular formula is C21H26N2O3. The Bertz CT molecular complexity index is 697. The van der Waals surface area contributed by atoms with Crippen LogP contribution in [0.25, 0.3) is 0 Å². The van der Waals surface area contributed by atoms with Crippen LogP contribution in [0.1, 0.15) is 31.4 Å². The summed E-state index contributed by atoms with van der Waals surface area (Å²) >= 11 is 0. The van der Waals surface area contributed by atoms with Crippen LogP contribution in [0, 0.1) is 5.92 Å². The molecule has 0 spiro atoms. The molecule has 1 aliphatic heterocycles. The standard InChI is InChI=1S/C21H26N2O3/c1-15(23-21(24)20(22)17-11-13-25-14-12-17)16-7-9-19(10-8-16)26-18-5-3-2-4-6-18/h2-10,15,17,20H,11-14,22H2,1H3,(H,23,24). The van der Waals surface area contributed by atoms with Crippen molar-refractivity contribution in [3.8, 4) is 11.5 Å². The van der Waals surface area contributed by atoms with E-state index in [1.54, 1.807) is 0 Å². The van der Waals surface area contributed by atoms with E-state index in [1.165, 1.54) is 0 Å². The van der Waals surface area contributed by atoms with Crippen molar-refractivity contribution >= 4 is 5.91 Å². The first-order valence-corrected chi connectivity index (χ1v) is 9.10. The molecule has 2 unspecified atom stereocenters. The predicted octanol–water partition coefficient (Wildman–Crippen LogP) is 3.41. The number of amides is 1. The molecule has 3 N–H and O–H groups in total. The lowest BCUT2D eigenvalue weighted by atomic mass is 9.91. The van der Waals surface area contributed by atoms with E-state index in [1.807, 2.05) is 61.5 Å². The van der Waals surface area contributed by atoms with E-state index in [9.17, 15) is 4.79 Å². The van der Waals surface area contributed by atoms with Crippen LogP contribution in [0.3, 0.4) is 0 Å². The van der Waals surface area contributed by atoms with E-state index in [4.69, 9.17) is 15.2 Å². The summed E-state index contributed by atoms with van der Waals surface area (Å²) in [6.45, 7) is 3.33. The van der Waals surface area contributed by atoms with Crippen LogP contribution in [0.2, 0.25) is 0 Å². The van der Waals surface area contributed by atoms with Gasteiger partial charge in [-0.15, -0.1) is 0 Å². The van der Waals surface area contributed by atoms with Gasteiger partial charge in [-0.2, -0.15) is 0 Å². The fourth-order valence-electron chi connectivity index (χ4n) is 3.13. The zero-order valence-corrected chi connectivity index (χ0v) is 15.1. The molecule has 5 nitrogen and oxygen atoms in total. The van der Waals surface area contributed by atoms with Gasteiger partial charge in [-0.1, -0.05) is 30.3 Å². The molecule has 1 heterocycles. The van der Waals surface area contributed by atoms with Crippen LogP contribution in [-0.4, -0.2) is 25.2 Å². The van der Waals surface area contributed by atoms with Gasteiger partial charge in [0.25, 0.3) is 0 Å². The van der Waals surface area contributed by atoms with Crippen LogP contribution in [-0.2, 0) is 9.53 Å². The third-order valence-corrected chi connectivity index (χ3v) is 4.79. The van der Waals surface area contributed by atoms with Gasteiger partial charge in [0.05, 0.1) is 12.1 Å². The van der Waals surface area contributed by atoms with Gasteiger partial charge in [0, 0.05) is 13.2 Å². The summed E-state index contributed by atoms with van der Waals surface area (Å²) in [4.78, 5) is 12.4. The van der Waals surface area contributed by atoms with Gasteiger partial charge in [-0.25, -0.2) is 0 Å². The first-order valence-electron chi connectivity index (χ1n) is 9.10. The summed E-state index contributed by atoms with van der Waals surface area (Å²) in [5.41, 5.74) is 7.15. The van der Waals surface area contributed by atoms with Gasteiger partial charge >= 0.3 is 0 Å². The van der Waals surface area contributed by atoms with E-state index >= 15 is 0 Å². The summed E-state index contributed by atoms with van der Waals surface area (Å²) in [5.74, 6) is 1.65. The van der Waals surface area contributed by atoms with E-state index in [0.29, 0.717) is 13.2 Å². The zero-order chi connectivity index (χ0) is 18.4. The molecule has 0 aliphatic carbocycles. The number of hydrogen-bond acceptors (Lipinski definition) is 4. The minimum absolute atomic E-state index is 0.103. The molecule has 0 bridgehead atoms. The number of rotatable bonds is 6. The van der Waals surface area contributed by atoms with Gasteiger partial charge in [0.2, 0.25) is 5.91 Å². The molecule has 26 heavy (non-hydrogen) atoms. The molecule has 5 heteroatoms.